The molecule has 4 nitrogen and oxygen atoms in total. The van der Waals surface area contributed by atoms with E-state index in [4.69, 9.17) is 4.74 Å². The number of carbonyl (C=O) groups is 1. The molecule has 0 aliphatic rings. The van der Waals surface area contributed by atoms with Gasteiger partial charge >= 0.3 is 5.97 Å². The molecular formula is C30H61NO3. The summed E-state index contributed by atoms with van der Waals surface area (Å²) in [6.45, 7) is 10.5. The molecule has 0 aliphatic heterocycles. The molecular weight excluding hydrogens is 422 g/mol. The molecule has 1 unspecified atom stereocenters. The van der Waals surface area contributed by atoms with Crippen molar-refractivity contribution in [3.8, 4) is 0 Å². The Morgan fingerprint density at radius 3 is 1.68 bits per heavy atom. The first-order valence-electron chi connectivity index (χ1n) is 15.2. The molecule has 34 heavy (non-hydrogen) atoms. The molecule has 0 saturated carbocycles. The van der Waals surface area contributed by atoms with Crippen LogP contribution in [0, 0.1) is 5.92 Å². The number of carbonyl (C=O) groups excluding carboxylic acids is 1. The van der Waals surface area contributed by atoms with Crippen molar-refractivity contribution in [1.29, 1.82) is 0 Å². The van der Waals surface area contributed by atoms with Crippen molar-refractivity contribution in [2.75, 3.05) is 32.8 Å². The molecule has 0 amide bonds. The quantitative estimate of drug-likeness (QED) is 0.0942. The summed E-state index contributed by atoms with van der Waals surface area (Å²) in [5, 5.41) is 9.30. The van der Waals surface area contributed by atoms with Gasteiger partial charge in [-0.05, 0) is 51.1 Å². The van der Waals surface area contributed by atoms with Crippen LogP contribution in [0.1, 0.15) is 149 Å². The first-order chi connectivity index (χ1) is 16.7. The van der Waals surface area contributed by atoms with Gasteiger partial charge in [-0.1, -0.05) is 111 Å². The van der Waals surface area contributed by atoms with Crippen molar-refractivity contribution in [3.05, 3.63) is 0 Å². The van der Waals surface area contributed by atoms with Crippen LogP contribution in [0.4, 0.5) is 0 Å². The zero-order valence-corrected chi connectivity index (χ0v) is 23.5. The van der Waals surface area contributed by atoms with Crippen molar-refractivity contribution in [2.24, 2.45) is 5.92 Å². The van der Waals surface area contributed by atoms with Crippen LogP contribution in [0.2, 0.25) is 0 Å². The highest BCUT2D eigenvalue weighted by Crippen LogP contribution is 2.20. The van der Waals surface area contributed by atoms with Crippen LogP contribution < -0.4 is 0 Å². The molecule has 0 heterocycles. The van der Waals surface area contributed by atoms with Crippen LogP contribution in [0.5, 0.6) is 0 Å². The van der Waals surface area contributed by atoms with Gasteiger partial charge in [-0.25, -0.2) is 0 Å². The van der Waals surface area contributed by atoms with Crippen LogP contribution in [-0.2, 0) is 9.53 Å². The van der Waals surface area contributed by atoms with Gasteiger partial charge in [0, 0.05) is 13.0 Å². The van der Waals surface area contributed by atoms with E-state index in [-0.39, 0.29) is 12.6 Å². The van der Waals surface area contributed by atoms with Gasteiger partial charge in [-0.15, -0.1) is 0 Å². The van der Waals surface area contributed by atoms with Gasteiger partial charge in [-0.2, -0.15) is 0 Å². The van der Waals surface area contributed by atoms with Gasteiger partial charge in [-0.3, -0.25) is 4.79 Å². The molecule has 0 fully saturated rings. The third-order valence-corrected chi connectivity index (χ3v) is 7.01. The number of aliphatic hydroxyl groups is 1. The van der Waals surface area contributed by atoms with Gasteiger partial charge in [0.2, 0.25) is 0 Å². The van der Waals surface area contributed by atoms with Gasteiger partial charge in [0.15, 0.2) is 0 Å². The lowest BCUT2D eigenvalue weighted by atomic mass is 9.95. The fourth-order valence-corrected chi connectivity index (χ4v) is 4.69. The third kappa shape index (κ3) is 23.1. The molecule has 1 N–H and O–H groups in total. The number of aliphatic hydroxyl groups excluding tert-OH is 1. The average molecular weight is 484 g/mol. The van der Waals surface area contributed by atoms with Gasteiger partial charge in [0.05, 0.1) is 13.2 Å². The van der Waals surface area contributed by atoms with Crippen LogP contribution in [-0.4, -0.2) is 48.8 Å². The predicted molar refractivity (Wildman–Crippen MR) is 147 cm³/mol. The maximum atomic E-state index is 12.3. The molecule has 0 spiro atoms. The average Bonchev–Trinajstić information content (AvgIpc) is 2.84. The number of unbranched alkanes of at least 4 members (excludes halogenated alkanes) is 13. The van der Waals surface area contributed by atoms with E-state index in [1.54, 1.807) is 0 Å². The highest BCUT2D eigenvalue weighted by molar-refractivity contribution is 5.69. The molecule has 0 bridgehead atoms. The highest BCUT2D eigenvalue weighted by atomic mass is 16.5. The van der Waals surface area contributed by atoms with Crippen LogP contribution in [0.25, 0.3) is 0 Å². The van der Waals surface area contributed by atoms with Crippen LogP contribution >= 0.6 is 0 Å². The van der Waals surface area contributed by atoms with Crippen LogP contribution in [0.15, 0.2) is 0 Å². The lowest BCUT2D eigenvalue weighted by Gasteiger charge is -2.21. The minimum absolute atomic E-state index is 0.00622. The molecule has 0 aromatic carbocycles. The Morgan fingerprint density at radius 1 is 0.647 bits per heavy atom. The van der Waals surface area contributed by atoms with E-state index in [0.717, 1.165) is 38.9 Å². The summed E-state index contributed by atoms with van der Waals surface area (Å²) in [5.74, 6) is 0.542. The fraction of sp³-hybridized carbons (Fsp3) is 0.967. The Kier molecular flexibility index (Phi) is 26.5. The van der Waals surface area contributed by atoms with Gasteiger partial charge in [0.25, 0.3) is 0 Å². The number of rotatable bonds is 27. The molecule has 204 valence electrons. The summed E-state index contributed by atoms with van der Waals surface area (Å²) in [4.78, 5) is 14.7. The second-order valence-corrected chi connectivity index (χ2v) is 10.4. The number of esters is 1. The summed E-state index contributed by atoms with van der Waals surface area (Å²) in [5.41, 5.74) is 0. The predicted octanol–water partition coefficient (Wildman–Crippen LogP) is 8.30. The second-order valence-electron chi connectivity index (χ2n) is 10.4. The molecule has 0 aromatic heterocycles. The second kappa shape index (κ2) is 27.0. The van der Waals surface area contributed by atoms with E-state index in [1.807, 2.05) is 0 Å². The van der Waals surface area contributed by atoms with Crippen molar-refractivity contribution in [1.82, 2.24) is 4.90 Å². The topological polar surface area (TPSA) is 49.8 Å². The zero-order valence-electron chi connectivity index (χ0n) is 23.5. The summed E-state index contributed by atoms with van der Waals surface area (Å²) in [7, 11) is 0. The summed E-state index contributed by atoms with van der Waals surface area (Å²) in [6, 6.07) is 0. The normalized spacial score (nSPS) is 12.4. The van der Waals surface area contributed by atoms with Crippen molar-refractivity contribution >= 4 is 5.97 Å². The van der Waals surface area contributed by atoms with Crippen molar-refractivity contribution in [2.45, 2.75) is 149 Å². The first kappa shape index (κ1) is 33.4. The standard InChI is InChI=1S/C30H61NO3/c1-4-7-10-13-14-17-22-29(21-16-11-8-5-2)28-34-30(33)23-18-15-20-25-31(26-27-32)24-19-12-9-6-3/h29,32H,4-28H2,1-3H3. The lowest BCUT2D eigenvalue weighted by Crippen LogP contribution is -2.29. The van der Waals surface area contributed by atoms with E-state index < -0.39 is 0 Å². The van der Waals surface area contributed by atoms with Crippen molar-refractivity contribution in [3.63, 3.8) is 0 Å². The number of ether oxygens (including phenoxy) is 1. The molecule has 0 saturated heterocycles. The molecule has 0 aromatic rings. The zero-order chi connectivity index (χ0) is 25.1. The Hall–Kier alpha value is -0.610. The molecule has 0 rings (SSSR count). The maximum Gasteiger partial charge on any atom is 0.305 e. The van der Waals surface area contributed by atoms with Gasteiger partial charge < -0.3 is 14.7 Å². The minimum atomic E-state index is -0.00622. The lowest BCUT2D eigenvalue weighted by molar-refractivity contribution is -0.145. The number of hydrogen-bond acceptors (Lipinski definition) is 4. The monoisotopic (exact) mass is 483 g/mol. The Balaban J connectivity index is 4.03. The number of hydrogen-bond donors (Lipinski definition) is 1. The van der Waals surface area contributed by atoms with Crippen molar-refractivity contribution < 1.29 is 14.6 Å². The summed E-state index contributed by atoms with van der Waals surface area (Å²) in [6.07, 6.45) is 24.3. The number of nitrogens with zero attached hydrogens (tertiary/aromatic N) is 1. The van der Waals surface area contributed by atoms with E-state index in [1.165, 1.54) is 103 Å². The first-order valence-corrected chi connectivity index (χ1v) is 15.2. The van der Waals surface area contributed by atoms with E-state index in [9.17, 15) is 9.90 Å². The largest absolute Gasteiger partial charge is 0.465 e. The molecule has 0 aliphatic carbocycles. The van der Waals surface area contributed by atoms with Crippen LogP contribution in [0.3, 0.4) is 0 Å². The summed E-state index contributed by atoms with van der Waals surface area (Å²) >= 11 is 0. The minimum Gasteiger partial charge on any atom is -0.465 e. The van der Waals surface area contributed by atoms with E-state index in [2.05, 4.69) is 25.7 Å². The SMILES string of the molecule is CCCCCCCCC(CCCCCC)COC(=O)CCCCCN(CCO)CCCCCC. The smallest absolute Gasteiger partial charge is 0.305 e. The van der Waals surface area contributed by atoms with E-state index in [0.29, 0.717) is 18.9 Å². The Bertz CT molecular complexity index is 416. The summed E-state index contributed by atoms with van der Waals surface area (Å²) < 4.78 is 5.72. The molecule has 0 radical (unpaired) electrons. The Morgan fingerprint density at radius 2 is 1.12 bits per heavy atom. The molecule has 1 atom stereocenters. The van der Waals surface area contributed by atoms with Gasteiger partial charge in [0.1, 0.15) is 0 Å². The molecule has 4 heteroatoms. The third-order valence-electron chi connectivity index (χ3n) is 7.01. The highest BCUT2D eigenvalue weighted by Gasteiger charge is 2.12. The van der Waals surface area contributed by atoms with E-state index >= 15 is 0 Å². The fourth-order valence-electron chi connectivity index (χ4n) is 4.69. The maximum absolute atomic E-state index is 12.3. The Labute approximate surface area is 213 Å².